The SMILES string of the molecule is COc1ccc(Br)cc1CN(C)CC(C)(C)N.Cl. The van der Waals surface area contributed by atoms with E-state index in [0.717, 1.165) is 28.9 Å². The van der Waals surface area contributed by atoms with Gasteiger partial charge in [0.1, 0.15) is 5.75 Å². The Bertz CT molecular complexity index is 380. The molecule has 0 atom stereocenters. The number of hydrogen-bond acceptors (Lipinski definition) is 3. The fraction of sp³-hybridized carbons (Fsp3) is 0.538. The Morgan fingerprint density at radius 1 is 1.39 bits per heavy atom. The summed E-state index contributed by atoms with van der Waals surface area (Å²) in [5.74, 6) is 0.912. The number of hydrogen-bond donors (Lipinski definition) is 1. The summed E-state index contributed by atoms with van der Waals surface area (Å²) in [4.78, 5) is 2.20. The summed E-state index contributed by atoms with van der Waals surface area (Å²) in [5, 5.41) is 0. The quantitative estimate of drug-likeness (QED) is 0.897. The lowest BCUT2D eigenvalue weighted by Gasteiger charge is -2.27. The zero-order chi connectivity index (χ0) is 13.1. The van der Waals surface area contributed by atoms with E-state index in [1.165, 1.54) is 0 Å². The third-order valence-electron chi connectivity index (χ3n) is 2.36. The maximum atomic E-state index is 6.01. The van der Waals surface area contributed by atoms with Crippen LogP contribution in [0.1, 0.15) is 19.4 Å². The Hall–Kier alpha value is -0.290. The van der Waals surface area contributed by atoms with E-state index in [0.29, 0.717) is 0 Å². The molecule has 18 heavy (non-hydrogen) atoms. The first-order chi connectivity index (χ1) is 7.81. The van der Waals surface area contributed by atoms with Gasteiger partial charge in [-0.2, -0.15) is 0 Å². The van der Waals surface area contributed by atoms with Crippen molar-refractivity contribution >= 4 is 28.3 Å². The molecule has 1 aromatic rings. The molecule has 104 valence electrons. The van der Waals surface area contributed by atoms with Crippen molar-refractivity contribution in [3.05, 3.63) is 28.2 Å². The van der Waals surface area contributed by atoms with Crippen LogP contribution < -0.4 is 10.5 Å². The van der Waals surface area contributed by atoms with Crippen LogP contribution in [-0.2, 0) is 6.54 Å². The van der Waals surface area contributed by atoms with Crippen LogP contribution in [0.3, 0.4) is 0 Å². The van der Waals surface area contributed by atoms with Crippen LogP contribution in [0.4, 0.5) is 0 Å². The van der Waals surface area contributed by atoms with Gasteiger partial charge in [0.15, 0.2) is 0 Å². The Balaban J connectivity index is 0.00000289. The van der Waals surface area contributed by atoms with Crippen LogP contribution in [0, 0.1) is 0 Å². The average molecular weight is 338 g/mol. The number of rotatable bonds is 5. The smallest absolute Gasteiger partial charge is 0.123 e. The van der Waals surface area contributed by atoms with Gasteiger partial charge in [-0.15, -0.1) is 12.4 Å². The van der Waals surface area contributed by atoms with E-state index in [4.69, 9.17) is 10.5 Å². The van der Waals surface area contributed by atoms with Gasteiger partial charge in [0.25, 0.3) is 0 Å². The molecule has 0 heterocycles. The van der Waals surface area contributed by atoms with Crippen LogP contribution in [0.5, 0.6) is 5.75 Å². The molecule has 0 aromatic heterocycles. The van der Waals surface area contributed by atoms with Crippen molar-refractivity contribution < 1.29 is 4.74 Å². The monoisotopic (exact) mass is 336 g/mol. The third kappa shape index (κ3) is 6.05. The molecule has 1 rings (SSSR count). The summed E-state index contributed by atoms with van der Waals surface area (Å²) in [5.41, 5.74) is 6.98. The molecule has 1 aromatic carbocycles. The van der Waals surface area contributed by atoms with E-state index in [-0.39, 0.29) is 17.9 Å². The normalized spacial score (nSPS) is 11.3. The molecular weight excluding hydrogens is 316 g/mol. The number of methoxy groups -OCH3 is 1. The molecule has 0 fully saturated rings. The first-order valence-corrected chi connectivity index (χ1v) is 6.41. The summed E-state index contributed by atoms with van der Waals surface area (Å²) >= 11 is 3.48. The zero-order valence-corrected chi connectivity index (χ0v) is 13.8. The Morgan fingerprint density at radius 3 is 2.50 bits per heavy atom. The molecule has 2 N–H and O–H groups in total. The van der Waals surface area contributed by atoms with Gasteiger partial charge < -0.3 is 15.4 Å². The molecule has 0 amide bonds. The van der Waals surface area contributed by atoms with Crippen molar-refractivity contribution in [3.8, 4) is 5.75 Å². The third-order valence-corrected chi connectivity index (χ3v) is 2.85. The van der Waals surface area contributed by atoms with Crippen molar-refractivity contribution in [1.82, 2.24) is 4.90 Å². The van der Waals surface area contributed by atoms with Crippen LogP contribution in [-0.4, -0.2) is 31.1 Å². The standard InChI is InChI=1S/C13H21BrN2O.ClH/c1-13(2,15)9-16(3)8-10-7-11(14)5-6-12(10)17-4;/h5-7H,8-9,15H2,1-4H3;1H. The van der Waals surface area contributed by atoms with Gasteiger partial charge in [-0.25, -0.2) is 0 Å². The first-order valence-electron chi connectivity index (χ1n) is 5.61. The van der Waals surface area contributed by atoms with Crippen molar-refractivity contribution in [3.63, 3.8) is 0 Å². The number of benzene rings is 1. The van der Waals surface area contributed by atoms with Crippen molar-refractivity contribution in [2.75, 3.05) is 20.7 Å². The predicted octanol–water partition coefficient (Wildman–Crippen LogP) is 3.05. The van der Waals surface area contributed by atoms with E-state index in [1.54, 1.807) is 7.11 Å². The Morgan fingerprint density at radius 2 is 2.00 bits per heavy atom. The summed E-state index contributed by atoms with van der Waals surface area (Å²) in [7, 11) is 3.76. The second kappa shape index (κ2) is 7.34. The van der Waals surface area contributed by atoms with E-state index in [2.05, 4.69) is 33.9 Å². The molecule has 3 nitrogen and oxygen atoms in total. The minimum atomic E-state index is -0.187. The van der Waals surface area contributed by atoms with Gasteiger partial charge in [-0.1, -0.05) is 15.9 Å². The van der Waals surface area contributed by atoms with Crippen molar-refractivity contribution in [2.45, 2.75) is 25.9 Å². The average Bonchev–Trinajstić information content (AvgIpc) is 2.14. The van der Waals surface area contributed by atoms with Crippen LogP contribution in [0.15, 0.2) is 22.7 Å². The molecule has 5 heteroatoms. The number of halogens is 2. The molecule has 0 spiro atoms. The van der Waals surface area contributed by atoms with E-state index >= 15 is 0 Å². The van der Waals surface area contributed by atoms with Gasteiger partial charge in [0, 0.05) is 28.7 Å². The van der Waals surface area contributed by atoms with Gasteiger partial charge >= 0.3 is 0 Å². The van der Waals surface area contributed by atoms with Crippen LogP contribution in [0.2, 0.25) is 0 Å². The largest absolute Gasteiger partial charge is 0.496 e. The topological polar surface area (TPSA) is 38.5 Å². The summed E-state index contributed by atoms with van der Waals surface area (Å²) in [6.45, 7) is 5.72. The van der Waals surface area contributed by atoms with Gasteiger partial charge in [0.05, 0.1) is 7.11 Å². The fourth-order valence-corrected chi connectivity index (χ4v) is 2.32. The summed E-state index contributed by atoms with van der Waals surface area (Å²) < 4.78 is 6.42. The maximum Gasteiger partial charge on any atom is 0.123 e. The van der Waals surface area contributed by atoms with Crippen molar-refractivity contribution in [1.29, 1.82) is 0 Å². The second-order valence-electron chi connectivity index (χ2n) is 5.12. The molecule has 0 radical (unpaired) electrons. The fourth-order valence-electron chi connectivity index (χ4n) is 1.91. The Kier molecular flexibility index (Phi) is 7.22. The predicted molar refractivity (Wildman–Crippen MR) is 82.5 cm³/mol. The second-order valence-corrected chi connectivity index (χ2v) is 6.03. The zero-order valence-electron chi connectivity index (χ0n) is 11.4. The highest BCUT2D eigenvalue weighted by molar-refractivity contribution is 9.10. The molecule has 0 unspecified atom stereocenters. The van der Waals surface area contributed by atoms with E-state index in [9.17, 15) is 0 Å². The number of likely N-dealkylation sites (N-methyl/N-ethyl adjacent to an activating group) is 1. The molecule has 0 saturated carbocycles. The van der Waals surface area contributed by atoms with E-state index in [1.807, 2.05) is 26.0 Å². The molecule has 0 aliphatic rings. The molecule has 0 aliphatic carbocycles. The maximum absolute atomic E-state index is 6.01. The summed E-state index contributed by atoms with van der Waals surface area (Å²) in [6, 6.07) is 6.04. The lowest BCUT2D eigenvalue weighted by molar-refractivity contribution is 0.259. The van der Waals surface area contributed by atoms with Crippen LogP contribution in [0.25, 0.3) is 0 Å². The molecule has 0 bridgehead atoms. The van der Waals surface area contributed by atoms with Gasteiger partial charge in [-0.3, -0.25) is 0 Å². The Labute approximate surface area is 124 Å². The van der Waals surface area contributed by atoms with E-state index < -0.39 is 0 Å². The lowest BCUT2D eigenvalue weighted by Crippen LogP contribution is -2.43. The minimum absolute atomic E-state index is 0. The first kappa shape index (κ1) is 17.7. The highest BCUT2D eigenvalue weighted by Crippen LogP contribution is 2.24. The molecule has 0 aliphatic heterocycles. The van der Waals surface area contributed by atoms with Crippen molar-refractivity contribution in [2.24, 2.45) is 5.73 Å². The number of nitrogens with two attached hydrogens (primary N) is 1. The molecule has 0 saturated heterocycles. The number of nitrogens with zero attached hydrogens (tertiary/aromatic N) is 1. The van der Waals surface area contributed by atoms with Gasteiger partial charge in [-0.05, 0) is 39.1 Å². The molecular formula is C13H22BrClN2O. The highest BCUT2D eigenvalue weighted by Gasteiger charge is 2.15. The van der Waals surface area contributed by atoms with Crippen LogP contribution >= 0.6 is 28.3 Å². The summed E-state index contributed by atoms with van der Waals surface area (Å²) in [6.07, 6.45) is 0. The minimum Gasteiger partial charge on any atom is -0.496 e. The van der Waals surface area contributed by atoms with Gasteiger partial charge in [0.2, 0.25) is 0 Å². The number of ether oxygens (including phenoxy) is 1. The highest BCUT2D eigenvalue weighted by atomic mass is 79.9. The lowest BCUT2D eigenvalue weighted by atomic mass is 10.1.